The molecule has 1 amide bonds. The van der Waals surface area contributed by atoms with E-state index < -0.39 is 11.2 Å². The van der Waals surface area contributed by atoms with Crippen LogP contribution in [0.4, 0.5) is 5.69 Å². The van der Waals surface area contributed by atoms with Gasteiger partial charge in [-0.1, -0.05) is 37.0 Å². The average Bonchev–Trinajstić information content (AvgIpc) is 2.33. The number of hydrogen-bond acceptors (Lipinski definition) is 3. The summed E-state index contributed by atoms with van der Waals surface area (Å²) in [4.78, 5) is 22.8. The first-order valence-corrected chi connectivity index (χ1v) is 7.71. The number of nitrogens with one attached hydrogen (secondary N) is 1. The first-order chi connectivity index (χ1) is 9.31. The van der Waals surface area contributed by atoms with Crippen molar-refractivity contribution in [1.82, 2.24) is 0 Å². The van der Waals surface area contributed by atoms with E-state index in [0.29, 0.717) is 15.7 Å². The van der Waals surface area contributed by atoms with Crippen LogP contribution in [-0.2, 0) is 9.59 Å². The highest BCUT2D eigenvalue weighted by Gasteiger charge is 2.23. The molecule has 0 aliphatic carbocycles. The average molecular weight is 336 g/mol. The Balaban J connectivity index is 2.60. The van der Waals surface area contributed by atoms with E-state index in [1.165, 1.54) is 0 Å². The minimum atomic E-state index is -0.918. The molecule has 0 heterocycles. The summed E-state index contributed by atoms with van der Waals surface area (Å²) >= 11 is 12.8. The zero-order valence-corrected chi connectivity index (χ0v) is 13.4. The number of aliphatic carboxylic acids is 1. The zero-order valence-electron chi connectivity index (χ0n) is 11.0. The standard InChI is InChI=1S/C13H15Cl2NO3S/c1-7(2)12(13(18)19)20-6-11(17)16-10-5-8(14)3-4-9(10)15/h3-5,7,12H,6H2,1-2H3,(H,16,17)(H,18,19). The second-order valence-corrected chi connectivity index (χ2v) is 6.46. The van der Waals surface area contributed by atoms with Crippen LogP contribution in [0, 0.1) is 5.92 Å². The van der Waals surface area contributed by atoms with E-state index in [2.05, 4.69) is 5.32 Å². The van der Waals surface area contributed by atoms with Gasteiger partial charge in [-0.05, 0) is 24.1 Å². The third-order valence-electron chi connectivity index (χ3n) is 2.45. The quantitative estimate of drug-likeness (QED) is 0.830. The molecule has 0 aliphatic rings. The van der Waals surface area contributed by atoms with Crippen LogP contribution in [0.15, 0.2) is 18.2 Å². The number of carboxylic acid groups (broad SMARTS) is 1. The Morgan fingerprint density at radius 3 is 2.55 bits per heavy atom. The van der Waals surface area contributed by atoms with E-state index >= 15 is 0 Å². The van der Waals surface area contributed by atoms with Crippen LogP contribution >= 0.6 is 35.0 Å². The summed E-state index contributed by atoms with van der Waals surface area (Å²) in [6, 6.07) is 4.75. The molecular formula is C13H15Cl2NO3S. The Hall–Kier alpha value is -0.910. The Labute approximate surface area is 131 Å². The molecule has 0 fully saturated rings. The summed E-state index contributed by atoms with van der Waals surface area (Å²) < 4.78 is 0. The molecule has 1 rings (SSSR count). The molecule has 0 radical (unpaired) electrons. The maximum Gasteiger partial charge on any atom is 0.316 e. The topological polar surface area (TPSA) is 66.4 Å². The van der Waals surface area contributed by atoms with E-state index in [-0.39, 0.29) is 17.6 Å². The highest BCUT2D eigenvalue weighted by molar-refractivity contribution is 8.01. The van der Waals surface area contributed by atoms with Gasteiger partial charge in [0.05, 0.1) is 16.5 Å². The molecule has 1 aromatic carbocycles. The lowest BCUT2D eigenvalue weighted by molar-refractivity contribution is -0.137. The van der Waals surface area contributed by atoms with Crippen LogP contribution in [0.5, 0.6) is 0 Å². The van der Waals surface area contributed by atoms with Crippen LogP contribution < -0.4 is 5.32 Å². The molecule has 1 aromatic rings. The van der Waals surface area contributed by atoms with Crippen molar-refractivity contribution < 1.29 is 14.7 Å². The van der Waals surface area contributed by atoms with Crippen molar-refractivity contribution in [3.05, 3.63) is 28.2 Å². The van der Waals surface area contributed by atoms with Gasteiger partial charge in [0.25, 0.3) is 0 Å². The van der Waals surface area contributed by atoms with Gasteiger partial charge < -0.3 is 10.4 Å². The van der Waals surface area contributed by atoms with Crippen LogP contribution in [0.1, 0.15) is 13.8 Å². The maximum atomic E-state index is 11.8. The van der Waals surface area contributed by atoms with Gasteiger partial charge >= 0.3 is 5.97 Å². The van der Waals surface area contributed by atoms with Gasteiger partial charge in [0.2, 0.25) is 5.91 Å². The number of carbonyl (C=O) groups is 2. The van der Waals surface area contributed by atoms with Crippen molar-refractivity contribution in [1.29, 1.82) is 0 Å². The van der Waals surface area contributed by atoms with Crippen molar-refractivity contribution in [2.24, 2.45) is 5.92 Å². The monoisotopic (exact) mass is 335 g/mol. The predicted octanol–water partition coefficient (Wildman–Crippen LogP) is 3.77. The Morgan fingerprint density at radius 2 is 2.00 bits per heavy atom. The first-order valence-electron chi connectivity index (χ1n) is 5.90. The molecule has 2 N–H and O–H groups in total. The van der Waals surface area contributed by atoms with E-state index in [1.54, 1.807) is 32.0 Å². The lowest BCUT2D eigenvalue weighted by Gasteiger charge is -2.15. The molecule has 0 aromatic heterocycles. The fourth-order valence-corrected chi connectivity index (χ4v) is 2.76. The molecule has 0 saturated heterocycles. The number of benzene rings is 1. The molecule has 1 unspecified atom stereocenters. The Kier molecular flexibility index (Phi) is 6.65. The molecule has 110 valence electrons. The molecule has 7 heteroatoms. The minimum Gasteiger partial charge on any atom is -0.480 e. The predicted molar refractivity (Wildman–Crippen MR) is 83.8 cm³/mol. The SMILES string of the molecule is CC(C)C(SCC(=O)Nc1cc(Cl)ccc1Cl)C(=O)O. The van der Waals surface area contributed by atoms with Gasteiger partial charge in [0, 0.05) is 5.02 Å². The first kappa shape index (κ1) is 17.1. The molecule has 1 atom stereocenters. The van der Waals surface area contributed by atoms with Gasteiger partial charge in [-0.15, -0.1) is 11.8 Å². The number of hydrogen-bond donors (Lipinski definition) is 2. The van der Waals surface area contributed by atoms with Crippen molar-refractivity contribution in [2.75, 3.05) is 11.1 Å². The number of carboxylic acids is 1. The fourth-order valence-electron chi connectivity index (χ4n) is 1.49. The summed E-state index contributed by atoms with van der Waals surface area (Å²) in [6.07, 6.45) is 0. The van der Waals surface area contributed by atoms with Gasteiger partial charge in [-0.3, -0.25) is 9.59 Å². The van der Waals surface area contributed by atoms with Crippen molar-refractivity contribution in [3.63, 3.8) is 0 Å². The minimum absolute atomic E-state index is 0.0397. The van der Waals surface area contributed by atoms with Gasteiger partial charge in [-0.25, -0.2) is 0 Å². The second kappa shape index (κ2) is 7.76. The lowest BCUT2D eigenvalue weighted by atomic mass is 10.1. The molecular weight excluding hydrogens is 321 g/mol. The summed E-state index contributed by atoms with van der Waals surface area (Å²) in [6.45, 7) is 3.61. The van der Waals surface area contributed by atoms with Crippen molar-refractivity contribution in [3.8, 4) is 0 Å². The largest absolute Gasteiger partial charge is 0.480 e. The van der Waals surface area contributed by atoms with Crippen molar-refractivity contribution in [2.45, 2.75) is 19.1 Å². The van der Waals surface area contributed by atoms with Crippen LogP contribution in [0.25, 0.3) is 0 Å². The second-order valence-electron chi connectivity index (χ2n) is 4.49. The summed E-state index contributed by atoms with van der Waals surface area (Å²) in [5, 5.41) is 11.9. The normalized spacial score (nSPS) is 12.2. The number of thioether (sulfide) groups is 1. The molecule has 20 heavy (non-hydrogen) atoms. The summed E-state index contributed by atoms with van der Waals surface area (Å²) in [5.74, 6) is -1.25. The Morgan fingerprint density at radius 1 is 1.35 bits per heavy atom. The molecule has 4 nitrogen and oxygen atoms in total. The summed E-state index contributed by atoms with van der Waals surface area (Å²) in [5.41, 5.74) is 0.418. The van der Waals surface area contributed by atoms with Crippen LogP contribution in [0.3, 0.4) is 0 Å². The highest BCUT2D eigenvalue weighted by atomic mass is 35.5. The number of carbonyl (C=O) groups excluding carboxylic acids is 1. The number of amides is 1. The van der Waals surface area contributed by atoms with Gasteiger partial charge in [-0.2, -0.15) is 0 Å². The lowest BCUT2D eigenvalue weighted by Crippen LogP contribution is -2.25. The van der Waals surface area contributed by atoms with E-state index in [1.807, 2.05) is 0 Å². The number of rotatable bonds is 6. The van der Waals surface area contributed by atoms with Crippen LogP contribution in [-0.4, -0.2) is 28.0 Å². The summed E-state index contributed by atoms with van der Waals surface area (Å²) in [7, 11) is 0. The highest BCUT2D eigenvalue weighted by Crippen LogP contribution is 2.26. The number of halogens is 2. The van der Waals surface area contributed by atoms with E-state index in [0.717, 1.165) is 11.8 Å². The zero-order chi connectivity index (χ0) is 15.3. The number of anilines is 1. The molecule has 0 aliphatic heterocycles. The van der Waals surface area contributed by atoms with E-state index in [4.69, 9.17) is 28.3 Å². The van der Waals surface area contributed by atoms with E-state index in [9.17, 15) is 9.59 Å². The van der Waals surface area contributed by atoms with Crippen molar-refractivity contribution >= 4 is 52.5 Å². The van der Waals surface area contributed by atoms with Gasteiger partial charge in [0.15, 0.2) is 0 Å². The Bertz CT molecular complexity index is 508. The fraction of sp³-hybridized carbons (Fsp3) is 0.385. The smallest absolute Gasteiger partial charge is 0.316 e. The third-order valence-corrected chi connectivity index (χ3v) is 4.54. The molecule has 0 bridgehead atoms. The third kappa shape index (κ3) is 5.23. The maximum absolute atomic E-state index is 11.8. The van der Waals surface area contributed by atoms with Gasteiger partial charge in [0.1, 0.15) is 5.25 Å². The molecule has 0 spiro atoms. The molecule has 0 saturated carbocycles. The van der Waals surface area contributed by atoms with Crippen LogP contribution in [0.2, 0.25) is 10.0 Å².